The summed E-state index contributed by atoms with van der Waals surface area (Å²) in [7, 11) is 1.78. The molecule has 2 amide bonds. The van der Waals surface area contributed by atoms with Gasteiger partial charge in [-0.05, 0) is 44.9 Å². The van der Waals surface area contributed by atoms with E-state index in [1.807, 2.05) is 49.7 Å². The first-order chi connectivity index (χ1) is 12.3. The number of aryl methyl sites for hydroxylation is 3. The SMILES string of the molecule is Cc1ccc(OCCN(C)C(=O)NCC(C)Cn2nc(C)cc2C)cc1. The molecular formula is C20H30N4O2. The van der Waals surface area contributed by atoms with E-state index in [0.717, 1.165) is 23.7 Å². The third-order valence-electron chi connectivity index (χ3n) is 4.25. The van der Waals surface area contributed by atoms with Gasteiger partial charge in [0.15, 0.2) is 0 Å². The molecule has 0 fully saturated rings. The summed E-state index contributed by atoms with van der Waals surface area (Å²) >= 11 is 0. The van der Waals surface area contributed by atoms with E-state index in [-0.39, 0.29) is 6.03 Å². The number of aromatic nitrogens is 2. The van der Waals surface area contributed by atoms with Crippen LogP contribution in [0.3, 0.4) is 0 Å². The number of nitrogens with one attached hydrogen (secondary N) is 1. The number of ether oxygens (including phenoxy) is 1. The highest BCUT2D eigenvalue weighted by molar-refractivity contribution is 5.73. The molecule has 1 aromatic heterocycles. The zero-order chi connectivity index (χ0) is 19.1. The Morgan fingerprint density at radius 2 is 1.96 bits per heavy atom. The maximum atomic E-state index is 12.2. The van der Waals surface area contributed by atoms with E-state index in [1.54, 1.807) is 11.9 Å². The van der Waals surface area contributed by atoms with Gasteiger partial charge in [0.25, 0.3) is 0 Å². The lowest BCUT2D eigenvalue weighted by molar-refractivity contribution is 0.193. The Morgan fingerprint density at radius 1 is 1.27 bits per heavy atom. The first-order valence-corrected chi connectivity index (χ1v) is 9.04. The summed E-state index contributed by atoms with van der Waals surface area (Å²) in [6.07, 6.45) is 0. The normalized spacial score (nSPS) is 11.9. The molecule has 2 rings (SSSR count). The Balaban J connectivity index is 1.67. The average Bonchev–Trinajstić information content (AvgIpc) is 2.91. The van der Waals surface area contributed by atoms with Gasteiger partial charge in [-0.15, -0.1) is 0 Å². The van der Waals surface area contributed by atoms with Crippen molar-refractivity contribution in [2.24, 2.45) is 5.92 Å². The van der Waals surface area contributed by atoms with Gasteiger partial charge >= 0.3 is 6.03 Å². The van der Waals surface area contributed by atoms with E-state index >= 15 is 0 Å². The van der Waals surface area contributed by atoms with Crippen LogP contribution in [0.25, 0.3) is 0 Å². The van der Waals surface area contributed by atoms with Crippen LogP contribution in [0.1, 0.15) is 23.9 Å². The number of carbonyl (C=O) groups excluding carboxylic acids is 1. The summed E-state index contributed by atoms with van der Waals surface area (Å²) in [6.45, 7) is 10.6. The van der Waals surface area contributed by atoms with Gasteiger partial charge in [-0.3, -0.25) is 4.68 Å². The van der Waals surface area contributed by atoms with Crippen LogP contribution in [-0.4, -0.2) is 47.5 Å². The Morgan fingerprint density at radius 3 is 2.58 bits per heavy atom. The molecule has 0 saturated carbocycles. The van der Waals surface area contributed by atoms with Gasteiger partial charge in [-0.25, -0.2) is 4.79 Å². The van der Waals surface area contributed by atoms with Gasteiger partial charge in [0.05, 0.1) is 12.2 Å². The first kappa shape index (κ1) is 19.8. The minimum atomic E-state index is -0.0854. The zero-order valence-electron chi connectivity index (χ0n) is 16.5. The summed E-state index contributed by atoms with van der Waals surface area (Å²) in [4.78, 5) is 13.8. The number of amides is 2. The van der Waals surface area contributed by atoms with E-state index < -0.39 is 0 Å². The second kappa shape index (κ2) is 9.27. The van der Waals surface area contributed by atoms with Crippen molar-refractivity contribution in [3.63, 3.8) is 0 Å². The highest BCUT2D eigenvalue weighted by Gasteiger charge is 2.12. The molecule has 1 atom stereocenters. The van der Waals surface area contributed by atoms with Crippen LogP contribution in [0.5, 0.6) is 5.75 Å². The summed E-state index contributed by atoms with van der Waals surface area (Å²) in [5, 5.41) is 7.44. The van der Waals surface area contributed by atoms with E-state index in [1.165, 1.54) is 5.56 Å². The standard InChI is InChI=1S/C20H30N4O2/c1-15-6-8-19(9-7-15)26-11-10-23(5)20(25)21-13-16(2)14-24-18(4)12-17(3)22-24/h6-9,12,16H,10-11,13-14H2,1-5H3,(H,21,25). The topological polar surface area (TPSA) is 59.4 Å². The lowest BCUT2D eigenvalue weighted by Crippen LogP contribution is -2.41. The number of hydrogen-bond acceptors (Lipinski definition) is 3. The fourth-order valence-electron chi connectivity index (χ4n) is 2.65. The lowest BCUT2D eigenvalue weighted by Gasteiger charge is -2.20. The maximum Gasteiger partial charge on any atom is 0.317 e. The molecular weight excluding hydrogens is 328 g/mol. The molecule has 0 saturated heterocycles. The van der Waals surface area contributed by atoms with Gasteiger partial charge in [0, 0.05) is 25.8 Å². The van der Waals surface area contributed by atoms with Gasteiger partial charge in [0.1, 0.15) is 12.4 Å². The third-order valence-corrected chi connectivity index (χ3v) is 4.25. The Bertz CT molecular complexity index is 709. The highest BCUT2D eigenvalue weighted by atomic mass is 16.5. The van der Waals surface area contributed by atoms with Gasteiger partial charge in [-0.2, -0.15) is 5.10 Å². The predicted octanol–water partition coefficient (Wildman–Crippen LogP) is 3.16. The number of nitrogens with zero attached hydrogens (tertiary/aromatic N) is 3. The van der Waals surface area contributed by atoms with Crippen molar-refractivity contribution < 1.29 is 9.53 Å². The average molecular weight is 358 g/mol. The molecule has 1 N–H and O–H groups in total. The van der Waals surface area contributed by atoms with Crippen molar-refractivity contribution in [2.75, 3.05) is 26.7 Å². The predicted molar refractivity (Wildman–Crippen MR) is 104 cm³/mol. The minimum absolute atomic E-state index is 0.0854. The van der Waals surface area contributed by atoms with Crippen LogP contribution in [0.2, 0.25) is 0 Å². The monoisotopic (exact) mass is 358 g/mol. The number of urea groups is 1. The largest absolute Gasteiger partial charge is 0.492 e. The Kier molecular flexibility index (Phi) is 7.06. The van der Waals surface area contributed by atoms with E-state index in [2.05, 4.69) is 23.4 Å². The van der Waals surface area contributed by atoms with Crippen LogP contribution in [0.4, 0.5) is 4.79 Å². The molecule has 0 aliphatic carbocycles. The fraction of sp³-hybridized carbons (Fsp3) is 0.500. The molecule has 142 valence electrons. The highest BCUT2D eigenvalue weighted by Crippen LogP contribution is 2.11. The quantitative estimate of drug-likeness (QED) is 0.788. The number of hydrogen-bond donors (Lipinski definition) is 1. The van der Waals surface area contributed by atoms with E-state index in [0.29, 0.717) is 25.6 Å². The maximum absolute atomic E-state index is 12.2. The smallest absolute Gasteiger partial charge is 0.317 e. The van der Waals surface area contributed by atoms with Gasteiger partial charge in [0.2, 0.25) is 0 Å². The van der Waals surface area contributed by atoms with Crippen molar-refractivity contribution >= 4 is 6.03 Å². The number of rotatable bonds is 8. The van der Waals surface area contributed by atoms with Crippen LogP contribution in [0.15, 0.2) is 30.3 Å². The van der Waals surface area contributed by atoms with Crippen molar-refractivity contribution in [1.29, 1.82) is 0 Å². The summed E-state index contributed by atoms with van der Waals surface area (Å²) < 4.78 is 7.66. The van der Waals surface area contributed by atoms with E-state index in [4.69, 9.17) is 4.74 Å². The molecule has 0 radical (unpaired) electrons. The molecule has 1 aromatic carbocycles. The minimum Gasteiger partial charge on any atom is -0.492 e. The Hall–Kier alpha value is -2.50. The first-order valence-electron chi connectivity index (χ1n) is 9.04. The molecule has 1 heterocycles. The number of carbonyl (C=O) groups is 1. The van der Waals surface area contributed by atoms with Crippen molar-refractivity contribution in [3.05, 3.63) is 47.3 Å². The molecule has 1 unspecified atom stereocenters. The molecule has 0 bridgehead atoms. The number of benzene rings is 1. The van der Waals surface area contributed by atoms with Crippen LogP contribution < -0.4 is 10.1 Å². The molecule has 6 heteroatoms. The molecule has 0 aliphatic heterocycles. The lowest BCUT2D eigenvalue weighted by atomic mass is 10.2. The van der Waals surface area contributed by atoms with Crippen molar-refractivity contribution in [3.8, 4) is 5.75 Å². The second-order valence-electron chi connectivity index (χ2n) is 6.98. The summed E-state index contributed by atoms with van der Waals surface area (Å²) in [5.41, 5.74) is 3.36. The number of likely N-dealkylation sites (N-methyl/N-ethyl adjacent to an activating group) is 1. The Labute approximate surface area is 156 Å². The molecule has 0 spiro atoms. The molecule has 2 aromatic rings. The van der Waals surface area contributed by atoms with Crippen LogP contribution in [-0.2, 0) is 6.54 Å². The summed E-state index contributed by atoms with van der Waals surface area (Å²) in [5.74, 6) is 1.12. The van der Waals surface area contributed by atoms with Crippen molar-refractivity contribution in [1.82, 2.24) is 20.0 Å². The molecule has 26 heavy (non-hydrogen) atoms. The van der Waals surface area contributed by atoms with Crippen LogP contribution >= 0.6 is 0 Å². The second-order valence-corrected chi connectivity index (χ2v) is 6.98. The molecule has 0 aliphatic rings. The zero-order valence-corrected chi connectivity index (χ0v) is 16.5. The van der Waals surface area contributed by atoms with Gasteiger partial charge in [-0.1, -0.05) is 24.6 Å². The third kappa shape index (κ3) is 6.10. The summed E-state index contributed by atoms with van der Waals surface area (Å²) in [6, 6.07) is 9.88. The van der Waals surface area contributed by atoms with Crippen molar-refractivity contribution in [2.45, 2.75) is 34.2 Å². The fourth-order valence-corrected chi connectivity index (χ4v) is 2.65. The molecule has 6 nitrogen and oxygen atoms in total. The van der Waals surface area contributed by atoms with E-state index in [9.17, 15) is 4.79 Å². The van der Waals surface area contributed by atoms with Gasteiger partial charge < -0.3 is 15.0 Å². The van der Waals surface area contributed by atoms with Crippen LogP contribution in [0, 0.1) is 26.7 Å².